The number of hydrogen-bond acceptors (Lipinski definition) is 4. The van der Waals surface area contributed by atoms with Gasteiger partial charge in [-0.05, 0) is 41.0 Å². The lowest BCUT2D eigenvalue weighted by molar-refractivity contribution is 0.669. The molecule has 4 heteroatoms. The first kappa shape index (κ1) is 24.2. The van der Waals surface area contributed by atoms with E-state index in [-0.39, 0.29) is 0 Å². The summed E-state index contributed by atoms with van der Waals surface area (Å²) in [6.07, 6.45) is 0. The zero-order chi connectivity index (χ0) is 28.0. The predicted octanol–water partition coefficient (Wildman–Crippen LogP) is 9.90. The first-order valence-corrected chi connectivity index (χ1v) is 14.0. The highest BCUT2D eigenvalue weighted by atomic mass is 16.3. The molecular weight excluding hydrogens is 514 g/mol. The van der Waals surface area contributed by atoms with Gasteiger partial charge in [0.25, 0.3) is 0 Å². The highest BCUT2D eigenvalue weighted by molar-refractivity contribution is 6.16. The minimum absolute atomic E-state index is 0.647. The molecule has 42 heavy (non-hydrogen) atoms. The third-order valence-electron chi connectivity index (χ3n) is 7.83. The molecule has 0 aliphatic carbocycles. The van der Waals surface area contributed by atoms with Crippen LogP contribution in [0.1, 0.15) is 5.56 Å². The van der Waals surface area contributed by atoms with Crippen LogP contribution in [0.5, 0.6) is 0 Å². The van der Waals surface area contributed by atoms with E-state index in [1.165, 1.54) is 5.56 Å². The van der Waals surface area contributed by atoms with E-state index in [4.69, 9.17) is 19.4 Å². The molecule has 0 N–H and O–H groups in total. The van der Waals surface area contributed by atoms with Crippen LogP contribution >= 0.6 is 0 Å². The Labute approximate surface area is 243 Å². The second-order valence-electron chi connectivity index (χ2n) is 10.5. The molecule has 8 aromatic rings. The molecule has 8 rings (SSSR count). The number of para-hydroxylation sites is 1. The lowest BCUT2D eigenvalue weighted by atomic mass is 9.93. The summed E-state index contributed by atoms with van der Waals surface area (Å²) in [5.74, 6) is 1.95. The summed E-state index contributed by atoms with van der Waals surface area (Å²) in [4.78, 5) is 14.9. The summed E-state index contributed by atoms with van der Waals surface area (Å²) >= 11 is 0. The molecule has 6 aromatic carbocycles. The molecule has 0 amide bonds. The Bertz CT molecular complexity index is 2250. The van der Waals surface area contributed by atoms with Gasteiger partial charge in [0, 0.05) is 27.5 Å². The lowest BCUT2D eigenvalue weighted by Gasteiger charge is -2.13. The maximum atomic E-state index is 6.21. The van der Waals surface area contributed by atoms with E-state index in [1.807, 2.05) is 48.5 Å². The maximum Gasteiger partial charge on any atom is 0.164 e. The Morgan fingerprint density at radius 1 is 0.405 bits per heavy atom. The monoisotopic (exact) mass is 539 g/mol. The molecule has 2 aromatic heterocycles. The largest absolute Gasteiger partial charge is 0.456 e. The van der Waals surface area contributed by atoms with Crippen molar-refractivity contribution in [3.05, 3.63) is 139 Å². The summed E-state index contributed by atoms with van der Waals surface area (Å²) in [5.41, 5.74) is 8.13. The van der Waals surface area contributed by atoms with Crippen LogP contribution < -0.4 is 0 Å². The van der Waals surface area contributed by atoms with Crippen molar-refractivity contribution in [2.75, 3.05) is 0 Å². The lowest BCUT2D eigenvalue weighted by Crippen LogP contribution is -2.00. The molecule has 2 heterocycles. The number of furan rings is 1. The van der Waals surface area contributed by atoms with Crippen molar-refractivity contribution in [3.8, 4) is 45.3 Å². The van der Waals surface area contributed by atoms with Crippen molar-refractivity contribution in [3.63, 3.8) is 0 Å². The summed E-state index contributed by atoms with van der Waals surface area (Å²) in [5, 5.41) is 4.45. The van der Waals surface area contributed by atoms with Gasteiger partial charge in [0.15, 0.2) is 17.5 Å². The van der Waals surface area contributed by atoms with E-state index in [2.05, 4.69) is 91.9 Å². The SMILES string of the molecule is Cc1ccc(-c2nc(-c3ccccc3)nc(-c3cccc4c(-c5cccc6oc7ccccc7c56)cccc34)n2)cc1. The van der Waals surface area contributed by atoms with Crippen molar-refractivity contribution < 1.29 is 4.42 Å². The fourth-order valence-corrected chi connectivity index (χ4v) is 5.78. The minimum Gasteiger partial charge on any atom is -0.456 e. The number of benzene rings is 6. The van der Waals surface area contributed by atoms with Crippen molar-refractivity contribution in [1.82, 2.24) is 15.0 Å². The second kappa shape index (κ2) is 9.79. The van der Waals surface area contributed by atoms with Crippen LogP contribution in [0.4, 0.5) is 0 Å². The summed E-state index contributed by atoms with van der Waals surface area (Å²) in [7, 11) is 0. The quantitative estimate of drug-likeness (QED) is 0.223. The van der Waals surface area contributed by atoms with Crippen LogP contribution in [-0.2, 0) is 0 Å². The van der Waals surface area contributed by atoms with Crippen molar-refractivity contribution in [2.24, 2.45) is 0 Å². The van der Waals surface area contributed by atoms with Crippen molar-refractivity contribution in [1.29, 1.82) is 0 Å². The van der Waals surface area contributed by atoms with E-state index >= 15 is 0 Å². The first-order valence-electron chi connectivity index (χ1n) is 14.0. The van der Waals surface area contributed by atoms with Crippen LogP contribution in [0.2, 0.25) is 0 Å². The zero-order valence-corrected chi connectivity index (χ0v) is 23.0. The van der Waals surface area contributed by atoms with Gasteiger partial charge in [-0.1, -0.05) is 127 Å². The molecule has 0 saturated heterocycles. The Morgan fingerprint density at radius 2 is 0.952 bits per heavy atom. The predicted molar refractivity (Wildman–Crippen MR) is 171 cm³/mol. The minimum atomic E-state index is 0.647. The van der Waals surface area contributed by atoms with E-state index in [0.717, 1.165) is 60.5 Å². The summed E-state index contributed by atoms with van der Waals surface area (Å²) in [6.45, 7) is 2.08. The van der Waals surface area contributed by atoms with Crippen molar-refractivity contribution >= 4 is 32.7 Å². The molecule has 0 spiro atoms. The van der Waals surface area contributed by atoms with Crippen LogP contribution in [0.3, 0.4) is 0 Å². The fraction of sp³-hybridized carbons (Fsp3) is 0.0263. The molecule has 0 bridgehead atoms. The third kappa shape index (κ3) is 4.04. The van der Waals surface area contributed by atoms with Gasteiger partial charge in [0.05, 0.1) is 0 Å². The molecule has 0 unspecified atom stereocenters. The zero-order valence-electron chi connectivity index (χ0n) is 23.0. The van der Waals surface area contributed by atoms with Gasteiger partial charge in [0.2, 0.25) is 0 Å². The number of fused-ring (bicyclic) bond motifs is 4. The number of aromatic nitrogens is 3. The van der Waals surface area contributed by atoms with E-state index in [9.17, 15) is 0 Å². The van der Waals surface area contributed by atoms with Crippen LogP contribution in [-0.4, -0.2) is 15.0 Å². The second-order valence-corrected chi connectivity index (χ2v) is 10.5. The highest BCUT2D eigenvalue weighted by Crippen LogP contribution is 2.40. The molecule has 0 radical (unpaired) electrons. The third-order valence-corrected chi connectivity index (χ3v) is 7.83. The number of nitrogens with zero attached hydrogens (tertiary/aromatic N) is 3. The van der Waals surface area contributed by atoms with E-state index in [1.54, 1.807) is 0 Å². The number of hydrogen-bond donors (Lipinski definition) is 0. The molecule has 198 valence electrons. The van der Waals surface area contributed by atoms with Gasteiger partial charge in [-0.25, -0.2) is 15.0 Å². The standard InChI is InChI=1S/C38H25N3O/c1-24-20-22-26(23-21-24)37-39-36(25-10-3-2-4-11-25)40-38(41-37)31-17-8-13-27-28(14-7-15-29(27)31)30-16-9-19-34-35(30)32-12-5-6-18-33(32)42-34/h2-23H,1H3. The van der Waals surface area contributed by atoms with Crippen molar-refractivity contribution in [2.45, 2.75) is 6.92 Å². The fourth-order valence-electron chi connectivity index (χ4n) is 5.78. The number of rotatable bonds is 4. The topological polar surface area (TPSA) is 51.8 Å². The Morgan fingerprint density at radius 3 is 1.74 bits per heavy atom. The van der Waals surface area contributed by atoms with Gasteiger partial charge in [-0.15, -0.1) is 0 Å². The average molecular weight is 540 g/mol. The van der Waals surface area contributed by atoms with Gasteiger partial charge < -0.3 is 4.42 Å². The molecule has 0 atom stereocenters. The van der Waals surface area contributed by atoms with E-state index in [0.29, 0.717) is 17.5 Å². The average Bonchev–Trinajstić information content (AvgIpc) is 3.44. The van der Waals surface area contributed by atoms with Gasteiger partial charge in [-0.3, -0.25) is 0 Å². The van der Waals surface area contributed by atoms with Crippen LogP contribution in [0.25, 0.3) is 78.0 Å². The smallest absolute Gasteiger partial charge is 0.164 e. The Balaban J connectivity index is 1.37. The van der Waals surface area contributed by atoms with Crippen LogP contribution in [0.15, 0.2) is 138 Å². The molecule has 0 aliphatic heterocycles. The van der Waals surface area contributed by atoms with Gasteiger partial charge in [-0.2, -0.15) is 0 Å². The molecule has 4 nitrogen and oxygen atoms in total. The first-order chi connectivity index (χ1) is 20.7. The summed E-state index contributed by atoms with van der Waals surface area (Å²) < 4.78 is 6.21. The molecular formula is C38H25N3O. The van der Waals surface area contributed by atoms with Crippen LogP contribution in [0, 0.1) is 6.92 Å². The highest BCUT2D eigenvalue weighted by Gasteiger charge is 2.17. The molecule has 0 fully saturated rings. The maximum absolute atomic E-state index is 6.21. The number of aryl methyl sites for hydroxylation is 1. The van der Waals surface area contributed by atoms with Gasteiger partial charge >= 0.3 is 0 Å². The Kier molecular flexibility index (Phi) is 5.64. The molecule has 0 aliphatic rings. The molecule has 0 saturated carbocycles. The summed E-state index contributed by atoms with van der Waals surface area (Å²) in [6, 6.07) is 45.7. The van der Waals surface area contributed by atoms with E-state index < -0.39 is 0 Å². The normalized spacial score (nSPS) is 11.5. The van der Waals surface area contributed by atoms with Gasteiger partial charge in [0.1, 0.15) is 11.2 Å². The Hall–Kier alpha value is -5.61.